The summed E-state index contributed by atoms with van der Waals surface area (Å²) in [5.74, 6) is 0. The minimum Gasteiger partial charge on any atom is -0.630 e. The maximum Gasteiger partial charge on any atom is 0.139 e. The van der Waals surface area contributed by atoms with Crippen molar-refractivity contribution in [2.45, 2.75) is 11.8 Å². The molecular formula is C22H19OP. The quantitative estimate of drug-likeness (QED) is 0.655. The molecule has 1 aliphatic rings. The van der Waals surface area contributed by atoms with Gasteiger partial charge in [-0.2, -0.15) is 0 Å². The molecule has 0 amide bonds. The highest BCUT2D eigenvalue weighted by Gasteiger charge is 2.48. The van der Waals surface area contributed by atoms with Crippen LogP contribution in [-0.4, -0.2) is 11.5 Å². The van der Waals surface area contributed by atoms with Crippen LogP contribution in [0.1, 0.15) is 23.1 Å². The lowest BCUT2D eigenvalue weighted by Crippen LogP contribution is -2.35. The Morgan fingerprint density at radius 3 is 1.62 bits per heavy atom. The molecule has 0 aromatic heterocycles. The molecule has 0 saturated carbocycles. The molecule has 0 fully saturated rings. The molecular weight excluding hydrogens is 311 g/mol. The third kappa shape index (κ3) is 2.41. The van der Waals surface area contributed by atoms with Gasteiger partial charge in [-0.1, -0.05) is 91.0 Å². The zero-order valence-corrected chi connectivity index (χ0v) is 14.3. The number of benzene rings is 3. The molecule has 0 aliphatic carbocycles. The van der Waals surface area contributed by atoms with Crippen LogP contribution in [0.5, 0.6) is 0 Å². The molecule has 1 nitrogen and oxygen atoms in total. The van der Waals surface area contributed by atoms with E-state index in [2.05, 4.69) is 60.7 Å². The van der Waals surface area contributed by atoms with Crippen LogP contribution in [-0.2, 0) is 5.41 Å². The molecule has 2 heteroatoms. The van der Waals surface area contributed by atoms with E-state index in [1.807, 2.05) is 30.3 Å². The second-order valence-corrected chi connectivity index (χ2v) is 7.86. The Morgan fingerprint density at radius 1 is 0.667 bits per heavy atom. The summed E-state index contributed by atoms with van der Waals surface area (Å²) < 4.78 is 0. The number of hydrogen-bond donors (Lipinski definition) is 0. The molecule has 3 aromatic rings. The first-order valence-corrected chi connectivity index (χ1v) is 9.75. The lowest BCUT2D eigenvalue weighted by Gasteiger charge is -2.30. The predicted molar refractivity (Wildman–Crippen MR) is 101 cm³/mol. The first-order valence-electron chi connectivity index (χ1n) is 8.31. The molecule has 0 bridgehead atoms. The largest absolute Gasteiger partial charge is 0.630 e. The van der Waals surface area contributed by atoms with Crippen molar-refractivity contribution in [3.05, 3.63) is 108 Å². The maximum absolute atomic E-state index is 13.0. The lowest BCUT2D eigenvalue weighted by atomic mass is 9.68. The standard InChI is InChI=1S/C22H19OP/c23-24-17-16-22(19-12-6-2-7-13-19,20-14-8-3-9-15-20)21(24)18-10-4-1-5-11-18/h1-15H,16-17H2. The average molecular weight is 330 g/mol. The summed E-state index contributed by atoms with van der Waals surface area (Å²) in [7, 11) is -1.37. The fourth-order valence-electron chi connectivity index (χ4n) is 3.87. The Morgan fingerprint density at radius 2 is 1.12 bits per heavy atom. The summed E-state index contributed by atoms with van der Waals surface area (Å²) in [5, 5.41) is 1.08. The highest BCUT2D eigenvalue weighted by Crippen LogP contribution is 2.49. The van der Waals surface area contributed by atoms with Crippen LogP contribution in [0, 0.1) is 0 Å². The van der Waals surface area contributed by atoms with Crippen molar-refractivity contribution in [2.75, 3.05) is 6.16 Å². The molecule has 0 N–H and O–H groups in total. The predicted octanol–water partition coefficient (Wildman–Crippen LogP) is 4.35. The van der Waals surface area contributed by atoms with Gasteiger partial charge in [-0.05, 0) is 11.1 Å². The van der Waals surface area contributed by atoms with E-state index in [9.17, 15) is 4.89 Å². The van der Waals surface area contributed by atoms with Crippen molar-refractivity contribution in [3.63, 3.8) is 0 Å². The smallest absolute Gasteiger partial charge is 0.139 e. The van der Waals surface area contributed by atoms with Gasteiger partial charge in [-0.25, -0.2) is 0 Å². The van der Waals surface area contributed by atoms with Crippen LogP contribution in [0.4, 0.5) is 0 Å². The van der Waals surface area contributed by atoms with E-state index in [0.29, 0.717) is 0 Å². The van der Waals surface area contributed by atoms with Gasteiger partial charge in [0, 0.05) is 12.0 Å². The summed E-state index contributed by atoms with van der Waals surface area (Å²) in [6, 6.07) is 31.3. The molecule has 3 aromatic carbocycles. The van der Waals surface area contributed by atoms with Crippen molar-refractivity contribution in [2.24, 2.45) is 0 Å². The van der Waals surface area contributed by atoms with Crippen LogP contribution in [0.15, 0.2) is 91.0 Å². The molecule has 24 heavy (non-hydrogen) atoms. The minimum absolute atomic E-state index is 0.294. The highest BCUT2D eigenvalue weighted by molar-refractivity contribution is 7.53. The van der Waals surface area contributed by atoms with Gasteiger partial charge in [-0.15, -0.1) is 0 Å². The molecule has 0 saturated heterocycles. The van der Waals surface area contributed by atoms with E-state index in [-0.39, 0.29) is 5.41 Å². The topological polar surface area (TPSA) is 23.1 Å². The summed E-state index contributed by atoms with van der Waals surface area (Å²) >= 11 is 0. The molecule has 1 unspecified atom stereocenters. The first kappa shape index (κ1) is 15.3. The van der Waals surface area contributed by atoms with Crippen molar-refractivity contribution >= 4 is 13.1 Å². The van der Waals surface area contributed by atoms with E-state index in [4.69, 9.17) is 0 Å². The van der Waals surface area contributed by atoms with Crippen LogP contribution in [0.2, 0.25) is 0 Å². The molecule has 0 radical (unpaired) electrons. The van der Waals surface area contributed by atoms with E-state index < -0.39 is 7.77 Å². The zero-order chi connectivity index (χ0) is 16.4. The lowest BCUT2D eigenvalue weighted by molar-refractivity contribution is -0.152. The summed E-state index contributed by atoms with van der Waals surface area (Å²) in [6.07, 6.45) is 1.63. The van der Waals surface area contributed by atoms with Crippen LogP contribution in [0.25, 0.3) is 0 Å². The van der Waals surface area contributed by atoms with Gasteiger partial charge in [0.2, 0.25) is 0 Å². The molecule has 4 rings (SSSR count). The molecule has 118 valence electrons. The molecule has 1 aliphatic heterocycles. The summed E-state index contributed by atoms with van der Waals surface area (Å²) in [4.78, 5) is 13.0. The SMILES string of the molecule is [O-][P+]1=C(c2ccccc2)C(c2ccccc2)(c2ccccc2)CC1. The van der Waals surface area contributed by atoms with E-state index in [1.165, 1.54) is 11.1 Å². The van der Waals surface area contributed by atoms with E-state index in [0.717, 1.165) is 23.4 Å². The second kappa shape index (κ2) is 6.36. The van der Waals surface area contributed by atoms with Crippen molar-refractivity contribution in [3.8, 4) is 0 Å². The van der Waals surface area contributed by atoms with Crippen molar-refractivity contribution in [1.29, 1.82) is 0 Å². The first-order chi connectivity index (χ1) is 11.8. The van der Waals surface area contributed by atoms with Crippen LogP contribution < -0.4 is 4.89 Å². The van der Waals surface area contributed by atoms with E-state index >= 15 is 0 Å². The Hall–Kier alpha value is -2.21. The number of hydrogen-bond acceptors (Lipinski definition) is 1. The van der Waals surface area contributed by atoms with Gasteiger partial charge in [0.15, 0.2) is 0 Å². The zero-order valence-electron chi connectivity index (χ0n) is 13.4. The minimum atomic E-state index is -1.37. The fourth-order valence-corrected chi connectivity index (χ4v) is 5.87. The van der Waals surface area contributed by atoms with Crippen LogP contribution in [0.3, 0.4) is 0 Å². The molecule has 1 heterocycles. The van der Waals surface area contributed by atoms with Crippen molar-refractivity contribution < 1.29 is 4.89 Å². The second-order valence-electron chi connectivity index (χ2n) is 6.20. The van der Waals surface area contributed by atoms with E-state index in [1.54, 1.807) is 0 Å². The third-order valence-corrected chi connectivity index (χ3v) is 6.69. The Balaban J connectivity index is 2.01. The third-order valence-electron chi connectivity index (χ3n) is 4.92. The van der Waals surface area contributed by atoms with Gasteiger partial charge in [0.1, 0.15) is 11.5 Å². The Kier molecular flexibility index (Phi) is 4.06. The van der Waals surface area contributed by atoms with Gasteiger partial charge >= 0.3 is 0 Å². The highest BCUT2D eigenvalue weighted by atomic mass is 31.1. The summed E-state index contributed by atoms with van der Waals surface area (Å²) in [6.45, 7) is 0. The van der Waals surface area contributed by atoms with Crippen molar-refractivity contribution in [1.82, 2.24) is 0 Å². The maximum atomic E-state index is 13.0. The summed E-state index contributed by atoms with van der Waals surface area (Å²) in [5.41, 5.74) is 3.27. The average Bonchev–Trinajstić information content (AvgIpc) is 3.02. The molecule has 0 spiro atoms. The van der Waals surface area contributed by atoms with Gasteiger partial charge in [-0.3, -0.25) is 0 Å². The normalized spacial score (nSPS) is 17.9. The van der Waals surface area contributed by atoms with Crippen LogP contribution >= 0.6 is 7.77 Å². The Labute approximate surface area is 144 Å². The van der Waals surface area contributed by atoms with Gasteiger partial charge in [0.05, 0.1) is 13.2 Å². The van der Waals surface area contributed by atoms with Gasteiger partial charge < -0.3 is 4.89 Å². The Bertz CT molecular complexity index is 815. The monoisotopic (exact) mass is 330 g/mol. The fraction of sp³-hybridized carbons (Fsp3) is 0.136. The molecule has 1 atom stereocenters. The van der Waals surface area contributed by atoms with Gasteiger partial charge in [0.25, 0.3) is 0 Å². The number of rotatable bonds is 3.